The first-order chi connectivity index (χ1) is 11.0. The summed E-state index contributed by atoms with van der Waals surface area (Å²) in [5, 5.41) is 3.22. The predicted molar refractivity (Wildman–Crippen MR) is 94.2 cm³/mol. The van der Waals surface area contributed by atoms with Gasteiger partial charge >= 0.3 is 0 Å². The highest BCUT2D eigenvalue weighted by Gasteiger charge is 2.16. The average molecular weight is 333 g/mol. The summed E-state index contributed by atoms with van der Waals surface area (Å²) in [5.74, 6) is 0.750. The van der Waals surface area contributed by atoms with Gasteiger partial charge < -0.3 is 5.32 Å². The average Bonchev–Trinajstić information content (AvgIpc) is 2.53. The van der Waals surface area contributed by atoms with Gasteiger partial charge in [-0.15, -0.1) is 0 Å². The second kappa shape index (κ2) is 7.97. The van der Waals surface area contributed by atoms with E-state index in [4.69, 9.17) is 0 Å². The van der Waals surface area contributed by atoms with Gasteiger partial charge in [-0.3, -0.25) is 4.72 Å². The number of pyridine rings is 1. The number of anilines is 2. The normalized spacial score (nSPS) is 11.2. The summed E-state index contributed by atoms with van der Waals surface area (Å²) in [7, 11) is -3.59. The lowest BCUT2D eigenvalue weighted by atomic mass is 10.2. The van der Waals surface area contributed by atoms with Crippen LogP contribution in [0.5, 0.6) is 0 Å². The van der Waals surface area contributed by atoms with Gasteiger partial charge in [-0.05, 0) is 37.1 Å². The highest BCUT2D eigenvalue weighted by Crippen LogP contribution is 2.19. The molecule has 0 amide bonds. The van der Waals surface area contributed by atoms with Gasteiger partial charge in [0, 0.05) is 6.54 Å². The first kappa shape index (κ1) is 17.3. The predicted octanol–water partition coefficient (Wildman–Crippen LogP) is 3.79. The van der Waals surface area contributed by atoms with E-state index in [-0.39, 0.29) is 4.90 Å². The monoisotopic (exact) mass is 333 g/mol. The Morgan fingerprint density at radius 1 is 1.09 bits per heavy atom. The molecule has 124 valence electrons. The lowest BCUT2D eigenvalue weighted by Gasteiger charge is -2.11. The van der Waals surface area contributed by atoms with E-state index < -0.39 is 10.0 Å². The molecule has 5 nitrogen and oxygen atoms in total. The molecule has 1 aromatic carbocycles. The van der Waals surface area contributed by atoms with E-state index in [1.807, 2.05) is 6.07 Å². The van der Waals surface area contributed by atoms with Crippen molar-refractivity contribution < 1.29 is 8.42 Å². The molecule has 6 heteroatoms. The molecule has 0 fully saturated rings. The molecule has 0 saturated heterocycles. The molecule has 0 radical (unpaired) electrons. The Kier molecular flexibility index (Phi) is 5.98. The topological polar surface area (TPSA) is 71.1 Å². The number of nitrogens with zero attached hydrogens (tertiary/aromatic N) is 1. The Balaban J connectivity index is 2.02. The molecule has 0 bridgehead atoms. The number of hydrogen-bond donors (Lipinski definition) is 2. The van der Waals surface area contributed by atoms with Crippen LogP contribution in [0.2, 0.25) is 0 Å². The minimum Gasteiger partial charge on any atom is -0.370 e. The zero-order valence-electron chi connectivity index (χ0n) is 13.5. The van der Waals surface area contributed by atoms with Gasteiger partial charge in [0.15, 0.2) is 0 Å². The third-order valence-corrected chi connectivity index (χ3v) is 5.03. The fourth-order valence-electron chi connectivity index (χ4n) is 2.22. The van der Waals surface area contributed by atoms with E-state index in [0.717, 1.165) is 18.8 Å². The van der Waals surface area contributed by atoms with Gasteiger partial charge in [-0.2, -0.15) is 0 Å². The Morgan fingerprint density at radius 2 is 1.87 bits per heavy atom. The van der Waals surface area contributed by atoms with Crippen molar-refractivity contribution in [3.63, 3.8) is 0 Å². The van der Waals surface area contributed by atoms with Crippen LogP contribution in [0.1, 0.15) is 31.7 Å². The third kappa shape index (κ3) is 4.96. The largest absolute Gasteiger partial charge is 0.370 e. The fraction of sp³-hybridized carbons (Fsp3) is 0.353. The van der Waals surface area contributed by atoms with Crippen molar-refractivity contribution in [1.82, 2.24) is 4.98 Å². The maximum Gasteiger partial charge on any atom is 0.262 e. The Morgan fingerprint density at radius 3 is 2.52 bits per heavy atom. The van der Waals surface area contributed by atoms with E-state index in [9.17, 15) is 8.42 Å². The van der Waals surface area contributed by atoms with Crippen molar-refractivity contribution in [2.24, 2.45) is 0 Å². The molecular weight excluding hydrogens is 310 g/mol. The molecule has 1 heterocycles. The van der Waals surface area contributed by atoms with E-state index in [0.29, 0.717) is 11.3 Å². The molecule has 0 aliphatic rings. The molecule has 0 spiro atoms. The highest BCUT2D eigenvalue weighted by molar-refractivity contribution is 7.92. The van der Waals surface area contributed by atoms with Crippen molar-refractivity contribution in [3.05, 3.63) is 48.2 Å². The zero-order valence-corrected chi connectivity index (χ0v) is 14.4. The fourth-order valence-corrected chi connectivity index (χ4v) is 3.51. The number of nitrogens with one attached hydrogen (secondary N) is 2. The number of aromatic nitrogens is 1. The third-order valence-electron chi connectivity index (χ3n) is 3.49. The van der Waals surface area contributed by atoms with E-state index >= 15 is 0 Å². The number of sulfonamides is 1. The summed E-state index contributed by atoms with van der Waals surface area (Å²) in [5.41, 5.74) is 1.16. The molecular formula is C17H23N3O2S. The second-order valence-electron chi connectivity index (χ2n) is 5.44. The molecule has 0 aliphatic heterocycles. The first-order valence-corrected chi connectivity index (χ1v) is 9.29. The lowest BCUT2D eigenvalue weighted by molar-refractivity contribution is 0.600. The van der Waals surface area contributed by atoms with Gasteiger partial charge in [0.1, 0.15) is 5.82 Å². The molecule has 0 unspecified atom stereocenters. The molecule has 2 rings (SSSR count). The van der Waals surface area contributed by atoms with Crippen LogP contribution >= 0.6 is 0 Å². The van der Waals surface area contributed by atoms with Gasteiger partial charge in [-0.25, -0.2) is 13.4 Å². The maximum absolute atomic E-state index is 12.4. The lowest BCUT2D eigenvalue weighted by Crippen LogP contribution is -2.14. The van der Waals surface area contributed by atoms with E-state index in [2.05, 4.69) is 21.9 Å². The second-order valence-corrected chi connectivity index (χ2v) is 7.09. The van der Waals surface area contributed by atoms with Crippen LogP contribution in [0.3, 0.4) is 0 Å². The highest BCUT2D eigenvalue weighted by atomic mass is 32.2. The first-order valence-electron chi connectivity index (χ1n) is 7.81. The van der Waals surface area contributed by atoms with Crippen molar-refractivity contribution in [3.8, 4) is 0 Å². The van der Waals surface area contributed by atoms with Crippen molar-refractivity contribution in [2.75, 3.05) is 16.6 Å². The molecule has 1 aromatic heterocycles. The Bertz CT molecular complexity index is 728. The summed E-state index contributed by atoms with van der Waals surface area (Å²) in [4.78, 5) is 4.52. The van der Waals surface area contributed by atoms with Crippen LogP contribution in [0.15, 0.2) is 47.5 Å². The minimum absolute atomic E-state index is 0.279. The van der Waals surface area contributed by atoms with E-state index in [1.54, 1.807) is 37.3 Å². The molecule has 0 atom stereocenters. The van der Waals surface area contributed by atoms with Gasteiger partial charge in [0.05, 0.1) is 16.8 Å². The summed E-state index contributed by atoms with van der Waals surface area (Å²) >= 11 is 0. The molecule has 23 heavy (non-hydrogen) atoms. The van der Waals surface area contributed by atoms with Gasteiger partial charge in [0.2, 0.25) is 0 Å². The summed E-state index contributed by atoms with van der Waals surface area (Å²) in [6, 6.07) is 10.4. The molecule has 2 N–H and O–H groups in total. The summed E-state index contributed by atoms with van der Waals surface area (Å²) in [6.07, 6.45) is 4.98. The molecule has 2 aromatic rings. The smallest absolute Gasteiger partial charge is 0.262 e. The molecule has 0 aliphatic carbocycles. The number of hydrogen-bond acceptors (Lipinski definition) is 4. The SMILES string of the molecule is CCCCCNc1ccc(NS(=O)(=O)c2ccccc2C)cn1. The summed E-state index contributed by atoms with van der Waals surface area (Å²) in [6.45, 7) is 4.80. The van der Waals surface area contributed by atoms with E-state index in [1.165, 1.54) is 19.0 Å². The maximum atomic E-state index is 12.4. The van der Waals surface area contributed by atoms with Crippen molar-refractivity contribution in [1.29, 1.82) is 0 Å². The van der Waals surface area contributed by atoms with Gasteiger partial charge in [-0.1, -0.05) is 38.0 Å². The van der Waals surface area contributed by atoms with Crippen LogP contribution in [0.4, 0.5) is 11.5 Å². The van der Waals surface area contributed by atoms with Crippen LogP contribution < -0.4 is 10.0 Å². The van der Waals surface area contributed by atoms with Crippen LogP contribution in [0.25, 0.3) is 0 Å². The minimum atomic E-state index is -3.59. The summed E-state index contributed by atoms with van der Waals surface area (Å²) < 4.78 is 27.4. The Labute approximate surface area is 138 Å². The number of rotatable bonds is 8. The number of unbranched alkanes of at least 4 members (excludes halogenated alkanes) is 2. The Hall–Kier alpha value is -2.08. The van der Waals surface area contributed by atoms with Crippen LogP contribution in [-0.4, -0.2) is 19.9 Å². The zero-order chi connectivity index (χ0) is 16.7. The number of aryl methyl sites for hydroxylation is 1. The van der Waals surface area contributed by atoms with Crippen molar-refractivity contribution >= 4 is 21.5 Å². The molecule has 0 saturated carbocycles. The van der Waals surface area contributed by atoms with Crippen LogP contribution in [-0.2, 0) is 10.0 Å². The van der Waals surface area contributed by atoms with Crippen molar-refractivity contribution in [2.45, 2.75) is 38.0 Å². The van der Waals surface area contributed by atoms with Gasteiger partial charge in [0.25, 0.3) is 10.0 Å². The number of benzene rings is 1. The standard InChI is InChI=1S/C17H23N3O2S/c1-3-4-7-12-18-17-11-10-15(13-19-17)20-23(21,22)16-9-6-5-8-14(16)2/h5-6,8-11,13,20H,3-4,7,12H2,1-2H3,(H,18,19). The quantitative estimate of drug-likeness (QED) is 0.721. The van der Waals surface area contributed by atoms with Crippen LogP contribution in [0, 0.1) is 6.92 Å².